The van der Waals surface area contributed by atoms with E-state index in [4.69, 9.17) is 28.6 Å². The number of aromatic amines is 1. The highest BCUT2D eigenvalue weighted by Gasteiger charge is 2.09. The second-order valence-electron chi connectivity index (χ2n) is 5.16. The van der Waals surface area contributed by atoms with Crippen LogP contribution < -0.4 is 0 Å². The average molecular weight is 317 g/mol. The Morgan fingerprint density at radius 3 is 2.85 bits per heavy atom. The maximum atomic E-state index is 13.4. The lowest BCUT2D eigenvalue weighted by atomic mass is 10.1. The van der Waals surface area contributed by atoms with Crippen molar-refractivity contribution in [1.82, 2.24) is 9.55 Å². The van der Waals surface area contributed by atoms with Gasteiger partial charge in [-0.05, 0) is 30.6 Å². The molecule has 0 amide bonds. The Bertz CT molecular complexity index is 650. The van der Waals surface area contributed by atoms with Crippen molar-refractivity contribution in [1.29, 1.82) is 0 Å². The zero-order valence-corrected chi connectivity index (χ0v) is 13.2. The Balaban J connectivity index is 2.08. The largest absolute Gasteiger partial charge is 0.380 e. The van der Waals surface area contributed by atoms with Crippen molar-refractivity contribution in [2.75, 3.05) is 13.2 Å². The molecule has 1 aromatic carbocycles. The van der Waals surface area contributed by atoms with Gasteiger partial charge in [0, 0.05) is 19.2 Å². The van der Waals surface area contributed by atoms with E-state index >= 15 is 0 Å². The second kappa shape index (κ2) is 6.70. The Hall–Kier alpha value is -0.910. The number of rotatable bonds is 6. The van der Waals surface area contributed by atoms with Gasteiger partial charge < -0.3 is 14.3 Å². The summed E-state index contributed by atoms with van der Waals surface area (Å²) in [4.78, 5) is 2.98. The first kappa shape index (κ1) is 15.5. The minimum absolute atomic E-state index is 0.0981. The Labute approximate surface area is 127 Å². The van der Waals surface area contributed by atoms with Crippen LogP contribution >= 0.6 is 23.8 Å². The minimum atomic E-state index is -0.448. The molecule has 0 aliphatic carbocycles. The number of aromatic nitrogens is 2. The third-order valence-electron chi connectivity index (χ3n) is 3.11. The normalized spacial score (nSPS) is 11.7. The molecule has 0 saturated carbocycles. The molecule has 0 radical (unpaired) electrons. The van der Waals surface area contributed by atoms with Crippen molar-refractivity contribution >= 4 is 34.9 Å². The molecule has 1 N–H and O–H groups in total. The lowest BCUT2D eigenvalue weighted by molar-refractivity contribution is 0.116. The third kappa shape index (κ3) is 3.59. The highest BCUT2D eigenvalue weighted by atomic mass is 35.5. The number of hydrogen-bond donors (Lipinski definition) is 1. The van der Waals surface area contributed by atoms with Gasteiger partial charge in [0.15, 0.2) is 4.77 Å². The lowest BCUT2D eigenvalue weighted by Gasteiger charge is -2.08. The number of nitrogens with zero attached hydrogens (tertiary/aromatic N) is 1. The Kier molecular flexibility index (Phi) is 5.18. The summed E-state index contributed by atoms with van der Waals surface area (Å²) in [5.41, 5.74) is 1.45. The van der Waals surface area contributed by atoms with E-state index in [2.05, 4.69) is 18.8 Å². The predicted molar refractivity (Wildman–Crippen MR) is 82.4 cm³/mol. The fraction of sp³-hybridized carbons (Fsp3) is 0.500. The van der Waals surface area contributed by atoms with Gasteiger partial charge in [-0.3, -0.25) is 0 Å². The highest BCUT2D eigenvalue weighted by molar-refractivity contribution is 7.71. The van der Waals surface area contributed by atoms with Crippen LogP contribution in [0.5, 0.6) is 0 Å². The highest BCUT2D eigenvalue weighted by Crippen LogP contribution is 2.22. The molecule has 2 rings (SSSR count). The first-order chi connectivity index (χ1) is 9.49. The summed E-state index contributed by atoms with van der Waals surface area (Å²) in [5.74, 6) is 0.183. The summed E-state index contributed by atoms with van der Waals surface area (Å²) < 4.78 is 21.4. The zero-order chi connectivity index (χ0) is 14.7. The summed E-state index contributed by atoms with van der Waals surface area (Å²) in [7, 11) is 0. The Morgan fingerprint density at radius 2 is 2.15 bits per heavy atom. The molecule has 0 atom stereocenters. The molecule has 20 heavy (non-hydrogen) atoms. The molecule has 1 heterocycles. The summed E-state index contributed by atoms with van der Waals surface area (Å²) in [6.45, 7) is 6.26. The van der Waals surface area contributed by atoms with Gasteiger partial charge in [0.1, 0.15) is 5.82 Å². The van der Waals surface area contributed by atoms with Crippen LogP contribution in [-0.2, 0) is 11.3 Å². The number of fused-ring (bicyclic) bond motifs is 1. The molecular weight excluding hydrogens is 299 g/mol. The molecule has 2 aromatic rings. The van der Waals surface area contributed by atoms with Gasteiger partial charge in [-0.2, -0.15) is 0 Å². The molecule has 110 valence electrons. The first-order valence-corrected chi connectivity index (χ1v) is 7.43. The molecule has 0 fully saturated rings. The first-order valence-electron chi connectivity index (χ1n) is 6.64. The standard InChI is InChI=1S/C14H18ClFN2OS/c1-9(2)3-5-19-6-4-18-13-7-10(15)11(16)8-12(13)17-14(18)20/h7-9H,3-6H2,1-2H3,(H,17,20). The molecule has 6 heteroatoms. The van der Waals surface area contributed by atoms with Gasteiger partial charge in [0.2, 0.25) is 0 Å². The molecule has 0 saturated heterocycles. The number of nitrogens with one attached hydrogen (secondary N) is 1. The van der Waals surface area contributed by atoms with Crippen LogP contribution in [0.1, 0.15) is 20.3 Å². The number of ether oxygens (including phenoxy) is 1. The van der Waals surface area contributed by atoms with Crippen LogP contribution in [0.15, 0.2) is 12.1 Å². The maximum absolute atomic E-state index is 13.4. The fourth-order valence-corrected chi connectivity index (χ4v) is 2.41. The number of imidazole rings is 1. The van der Waals surface area contributed by atoms with Crippen LogP contribution in [0.2, 0.25) is 5.02 Å². The molecule has 1 aromatic heterocycles. The van der Waals surface area contributed by atoms with E-state index < -0.39 is 5.82 Å². The van der Waals surface area contributed by atoms with E-state index in [1.165, 1.54) is 6.07 Å². The van der Waals surface area contributed by atoms with Crippen LogP contribution in [-0.4, -0.2) is 22.8 Å². The smallest absolute Gasteiger partial charge is 0.178 e. The van der Waals surface area contributed by atoms with E-state index in [0.717, 1.165) is 18.5 Å². The van der Waals surface area contributed by atoms with Crippen LogP contribution in [0.3, 0.4) is 0 Å². The van der Waals surface area contributed by atoms with E-state index in [1.54, 1.807) is 6.07 Å². The Morgan fingerprint density at radius 1 is 1.40 bits per heavy atom. The van der Waals surface area contributed by atoms with Crippen molar-refractivity contribution < 1.29 is 9.13 Å². The summed E-state index contributed by atoms with van der Waals surface area (Å²) in [5, 5.41) is 0.0981. The SMILES string of the molecule is CC(C)CCOCCn1c(=S)[nH]c2cc(F)c(Cl)cc21. The molecular formula is C14H18ClFN2OS. The fourth-order valence-electron chi connectivity index (χ4n) is 1.95. The second-order valence-corrected chi connectivity index (χ2v) is 5.95. The summed E-state index contributed by atoms with van der Waals surface area (Å²) in [6.07, 6.45) is 1.04. The molecule has 0 bridgehead atoms. The molecule has 0 aliphatic rings. The summed E-state index contributed by atoms with van der Waals surface area (Å²) >= 11 is 11.1. The van der Waals surface area contributed by atoms with E-state index in [0.29, 0.717) is 29.4 Å². The number of H-pyrrole nitrogens is 1. The van der Waals surface area contributed by atoms with Crippen LogP contribution in [0, 0.1) is 16.5 Å². The van der Waals surface area contributed by atoms with Gasteiger partial charge in [-0.25, -0.2) is 4.39 Å². The van der Waals surface area contributed by atoms with Crippen molar-refractivity contribution in [3.05, 3.63) is 27.7 Å². The average Bonchev–Trinajstić information content (AvgIpc) is 2.65. The quantitative estimate of drug-likeness (QED) is 0.625. The third-order valence-corrected chi connectivity index (χ3v) is 3.73. The van der Waals surface area contributed by atoms with Gasteiger partial charge in [-0.1, -0.05) is 25.4 Å². The topological polar surface area (TPSA) is 29.9 Å². The molecule has 0 aliphatic heterocycles. The maximum Gasteiger partial charge on any atom is 0.178 e. The van der Waals surface area contributed by atoms with Crippen molar-refractivity contribution in [3.8, 4) is 0 Å². The molecule has 0 spiro atoms. The van der Waals surface area contributed by atoms with Gasteiger partial charge in [0.05, 0.1) is 22.7 Å². The number of halogens is 2. The van der Waals surface area contributed by atoms with E-state index in [1.807, 2.05) is 4.57 Å². The minimum Gasteiger partial charge on any atom is -0.380 e. The van der Waals surface area contributed by atoms with Crippen molar-refractivity contribution in [2.45, 2.75) is 26.8 Å². The molecule has 3 nitrogen and oxygen atoms in total. The van der Waals surface area contributed by atoms with Gasteiger partial charge in [0.25, 0.3) is 0 Å². The van der Waals surface area contributed by atoms with Crippen molar-refractivity contribution in [2.24, 2.45) is 5.92 Å². The van der Waals surface area contributed by atoms with Crippen LogP contribution in [0.25, 0.3) is 11.0 Å². The molecule has 0 unspecified atom stereocenters. The van der Waals surface area contributed by atoms with Crippen LogP contribution in [0.4, 0.5) is 4.39 Å². The van der Waals surface area contributed by atoms with Gasteiger partial charge in [-0.15, -0.1) is 0 Å². The van der Waals surface area contributed by atoms with E-state index in [9.17, 15) is 4.39 Å². The zero-order valence-electron chi connectivity index (χ0n) is 11.6. The van der Waals surface area contributed by atoms with Crippen molar-refractivity contribution in [3.63, 3.8) is 0 Å². The summed E-state index contributed by atoms with van der Waals surface area (Å²) in [6, 6.07) is 2.95. The predicted octanol–water partition coefficient (Wildman–Crippen LogP) is 4.55. The lowest BCUT2D eigenvalue weighted by Crippen LogP contribution is -2.08. The monoisotopic (exact) mass is 316 g/mol. The van der Waals surface area contributed by atoms with E-state index in [-0.39, 0.29) is 5.02 Å². The number of benzene rings is 1. The number of hydrogen-bond acceptors (Lipinski definition) is 2. The van der Waals surface area contributed by atoms with Gasteiger partial charge >= 0.3 is 0 Å².